The molecule has 2 amide bonds. The van der Waals surface area contributed by atoms with E-state index in [1.807, 2.05) is 61.5 Å². The topological polar surface area (TPSA) is 66.7 Å². The van der Waals surface area contributed by atoms with Gasteiger partial charge in [-0.25, -0.2) is 4.98 Å². The van der Waals surface area contributed by atoms with Crippen LogP contribution in [0.2, 0.25) is 0 Å². The normalized spacial score (nSPS) is 13.8. The standard InChI is InChI=1S/C24H21N3O3/c1-26(2)13-6-14-27-23(28)17-8-5-7-15-16(11-12-18(21(15)17)24(27)29)22-25-19-9-3-4-10-20(19)30-22/h3-5,7-12H,6,13-14H2,1-2H3. The summed E-state index contributed by atoms with van der Waals surface area (Å²) >= 11 is 0. The molecule has 0 fully saturated rings. The summed E-state index contributed by atoms with van der Waals surface area (Å²) in [6, 6.07) is 16.8. The third-order valence-electron chi connectivity index (χ3n) is 5.50. The first-order chi connectivity index (χ1) is 14.5. The van der Waals surface area contributed by atoms with Crippen LogP contribution in [0.5, 0.6) is 0 Å². The van der Waals surface area contributed by atoms with Crippen molar-refractivity contribution in [3.63, 3.8) is 0 Å². The Kier molecular flexibility index (Phi) is 4.37. The third-order valence-corrected chi connectivity index (χ3v) is 5.50. The maximum absolute atomic E-state index is 13.1. The van der Waals surface area contributed by atoms with Crippen LogP contribution in [-0.2, 0) is 0 Å². The number of hydrogen-bond donors (Lipinski definition) is 0. The van der Waals surface area contributed by atoms with Crippen LogP contribution < -0.4 is 0 Å². The highest BCUT2D eigenvalue weighted by molar-refractivity contribution is 6.26. The van der Waals surface area contributed by atoms with E-state index in [4.69, 9.17) is 4.42 Å². The van der Waals surface area contributed by atoms with Gasteiger partial charge in [0, 0.05) is 28.6 Å². The van der Waals surface area contributed by atoms with Gasteiger partial charge in [0.25, 0.3) is 11.8 Å². The average Bonchev–Trinajstić information content (AvgIpc) is 3.17. The molecule has 6 heteroatoms. The van der Waals surface area contributed by atoms with Gasteiger partial charge in [0.2, 0.25) is 5.89 Å². The Bertz CT molecular complexity index is 1250. The van der Waals surface area contributed by atoms with E-state index in [2.05, 4.69) is 4.98 Å². The lowest BCUT2D eigenvalue weighted by atomic mass is 9.91. The van der Waals surface area contributed by atoms with Crippen LogP contribution >= 0.6 is 0 Å². The quantitative estimate of drug-likeness (QED) is 0.471. The zero-order chi connectivity index (χ0) is 20.8. The summed E-state index contributed by atoms with van der Waals surface area (Å²) in [4.78, 5) is 34.3. The summed E-state index contributed by atoms with van der Waals surface area (Å²) in [7, 11) is 3.95. The SMILES string of the molecule is CN(C)CCCN1C(=O)c2cccc3c(-c4nc5ccccc5o4)ccc(c23)C1=O. The number of carbonyl (C=O) groups is 2. The molecule has 0 radical (unpaired) electrons. The molecule has 30 heavy (non-hydrogen) atoms. The number of carbonyl (C=O) groups excluding carboxylic acids is 2. The van der Waals surface area contributed by atoms with E-state index in [0.717, 1.165) is 29.4 Å². The van der Waals surface area contributed by atoms with E-state index < -0.39 is 0 Å². The molecule has 150 valence electrons. The van der Waals surface area contributed by atoms with Crippen molar-refractivity contribution < 1.29 is 14.0 Å². The van der Waals surface area contributed by atoms with E-state index in [9.17, 15) is 9.59 Å². The summed E-state index contributed by atoms with van der Waals surface area (Å²) in [6.45, 7) is 1.21. The van der Waals surface area contributed by atoms with Crippen LogP contribution in [0.3, 0.4) is 0 Å². The Morgan fingerprint density at radius 1 is 0.900 bits per heavy atom. The highest BCUT2D eigenvalue weighted by Crippen LogP contribution is 2.37. The van der Waals surface area contributed by atoms with Crippen molar-refractivity contribution in [2.45, 2.75) is 6.42 Å². The molecule has 1 aromatic heterocycles. The molecule has 0 bridgehead atoms. The number of nitrogens with zero attached hydrogens (tertiary/aromatic N) is 3. The Balaban J connectivity index is 1.62. The highest BCUT2D eigenvalue weighted by atomic mass is 16.3. The summed E-state index contributed by atoms with van der Waals surface area (Å²) in [5.41, 5.74) is 3.34. The first-order valence-corrected chi connectivity index (χ1v) is 9.97. The number of imide groups is 1. The predicted molar refractivity (Wildman–Crippen MR) is 115 cm³/mol. The minimum Gasteiger partial charge on any atom is -0.436 e. The lowest BCUT2D eigenvalue weighted by Crippen LogP contribution is -2.41. The van der Waals surface area contributed by atoms with Crippen molar-refractivity contribution in [3.8, 4) is 11.5 Å². The van der Waals surface area contributed by atoms with E-state index in [1.54, 1.807) is 12.1 Å². The number of benzene rings is 3. The second-order valence-electron chi connectivity index (χ2n) is 7.79. The first-order valence-electron chi connectivity index (χ1n) is 9.97. The molecule has 2 heterocycles. The van der Waals surface area contributed by atoms with Gasteiger partial charge in [-0.05, 0) is 62.8 Å². The van der Waals surface area contributed by atoms with Crippen LogP contribution in [0.1, 0.15) is 27.1 Å². The number of para-hydroxylation sites is 2. The Morgan fingerprint density at radius 3 is 2.40 bits per heavy atom. The minimum absolute atomic E-state index is 0.244. The fourth-order valence-electron chi connectivity index (χ4n) is 4.07. The number of amides is 2. The molecular weight excluding hydrogens is 378 g/mol. The summed E-state index contributed by atoms with van der Waals surface area (Å²) in [5.74, 6) is -0.00801. The molecule has 0 atom stereocenters. The Hall–Kier alpha value is -3.51. The van der Waals surface area contributed by atoms with Crippen LogP contribution in [0.4, 0.5) is 0 Å². The summed E-state index contributed by atoms with van der Waals surface area (Å²) in [6.07, 6.45) is 0.733. The summed E-state index contributed by atoms with van der Waals surface area (Å²) in [5, 5.41) is 1.47. The van der Waals surface area contributed by atoms with Gasteiger partial charge in [0.05, 0.1) is 0 Å². The zero-order valence-electron chi connectivity index (χ0n) is 16.9. The van der Waals surface area contributed by atoms with E-state index in [-0.39, 0.29) is 11.8 Å². The minimum atomic E-state index is -0.244. The van der Waals surface area contributed by atoms with Crippen molar-refractivity contribution in [1.29, 1.82) is 0 Å². The van der Waals surface area contributed by atoms with Gasteiger partial charge in [-0.1, -0.05) is 24.3 Å². The van der Waals surface area contributed by atoms with Gasteiger partial charge < -0.3 is 9.32 Å². The van der Waals surface area contributed by atoms with Crippen molar-refractivity contribution in [2.75, 3.05) is 27.2 Å². The van der Waals surface area contributed by atoms with Gasteiger partial charge in [-0.15, -0.1) is 0 Å². The lowest BCUT2D eigenvalue weighted by Gasteiger charge is -2.28. The predicted octanol–water partition coefficient (Wildman–Crippen LogP) is 4.20. The maximum Gasteiger partial charge on any atom is 0.261 e. The van der Waals surface area contributed by atoms with Crippen LogP contribution in [0, 0.1) is 0 Å². The Labute approximate surface area is 173 Å². The van der Waals surface area contributed by atoms with Crippen molar-refractivity contribution >= 4 is 33.7 Å². The van der Waals surface area contributed by atoms with Gasteiger partial charge in [0.15, 0.2) is 5.58 Å². The van der Waals surface area contributed by atoms with Gasteiger partial charge >= 0.3 is 0 Å². The molecule has 0 N–H and O–H groups in total. The number of aromatic nitrogens is 1. The molecule has 3 aromatic carbocycles. The fourth-order valence-corrected chi connectivity index (χ4v) is 4.07. The molecule has 1 aliphatic rings. The van der Waals surface area contributed by atoms with Crippen molar-refractivity contribution in [1.82, 2.24) is 14.8 Å². The molecule has 6 nitrogen and oxygen atoms in total. The third kappa shape index (κ3) is 2.88. The molecule has 0 saturated carbocycles. The number of rotatable bonds is 5. The molecule has 0 unspecified atom stereocenters. The fraction of sp³-hybridized carbons (Fsp3) is 0.208. The van der Waals surface area contributed by atoms with Gasteiger partial charge in [-0.2, -0.15) is 0 Å². The van der Waals surface area contributed by atoms with Crippen molar-refractivity contribution in [2.24, 2.45) is 0 Å². The molecule has 0 aliphatic carbocycles. The number of hydrogen-bond acceptors (Lipinski definition) is 5. The Morgan fingerprint density at radius 2 is 1.63 bits per heavy atom. The second kappa shape index (κ2) is 7.07. The van der Waals surface area contributed by atoms with Gasteiger partial charge in [0.1, 0.15) is 5.52 Å². The molecular formula is C24H21N3O3. The van der Waals surface area contributed by atoms with E-state index in [0.29, 0.717) is 34.5 Å². The molecule has 4 aromatic rings. The second-order valence-corrected chi connectivity index (χ2v) is 7.79. The highest BCUT2D eigenvalue weighted by Gasteiger charge is 2.33. The van der Waals surface area contributed by atoms with E-state index in [1.165, 1.54) is 4.90 Å². The van der Waals surface area contributed by atoms with Crippen LogP contribution in [-0.4, -0.2) is 53.8 Å². The summed E-state index contributed by atoms with van der Waals surface area (Å²) < 4.78 is 5.95. The maximum atomic E-state index is 13.1. The average molecular weight is 399 g/mol. The number of oxazole rings is 1. The molecule has 0 spiro atoms. The number of fused-ring (bicyclic) bond motifs is 1. The van der Waals surface area contributed by atoms with Crippen LogP contribution in [0.25, 0.3) is 33.3 Å². The molecule has 1 aliphatic heterocycles. The van der Waals surface area contributed by atoms with Crippen molar-refractivity contribution in [3.05, 3.63) is 65.7 Å². The first kappa shape index (κ1) is 18.5. The van der Waals surface area contributed by atoms with Gasteiger partial charge in [-0.3, -0.25) is 14.5 Å². The molecule has 0 saturated heterocycles. The zero-order valence-corrected chi connectivity index (χ0v) is 16.9. The smallest absolute Gasteiger partial charge is 0.261 e. The largest absolute Gasteiger partial charge is 0.436 e. The van der Waals surface area contributed by atoms with Crippen LogP contribution in [0.15, 0.2) is 59.0 Å². The molecule has 5 rings (SSSR count). The monoisotopic (exact) mass is 399 g/mol. The lowest BCUT2D eigenvalue weighted by molar-refractivity contribution is 0.0606. The van der Waals surface area contributed by atoms with E-state index >= 15 is 0 Å².